The first kappa shape index (κ1) is 12.2. The summed E-state index contributed by atoms with van der Waals surface area (Å²) in [7, 11) is 0. The van der Waals surface area contributed by atoms with Crippen molar-refractivity contribution < 1.29 is 9.84 Å². The van der Waals surface area contributed by atoms with Crippen LogP contribution in [0.25, 0.3) is 10.2 Å². The first-order chi connectivity index (χ1) is 8.42. The fourth-order valence-corrected chi connectivity index (χ4v) is 2.27. The Bertz CT molecular complexity index is 461. The fourth-order valence-electron chi connectivity index (χ4n) is 1.46. The lowest BCUT2D eigenvalue weighted by Crippen LogP contribution is -2.08. The third-order valence-electron chi connectivity index (χ3n) is 2.24. The van der Waals surface area contributed by atoms with Crippen molar-refractivity contribution in [2.24, 2.45) is 0 Å². The Labute approximate surface area is 103 Å². The third-order valence-corrected chi connectivity index (χ3v) is 3.15. The van der Waals surface area contributed by atoms with E-state index in [1.54, 1.807) is 17.7 Å². The van der Waals surface area contributed by atoms with Crippen molar-refractivity contribution in [2.75, 3.05) is 31.7 Å². The molecule has 0 bridgehead atoms. The highest BCUT2D eigenvalue weighted by atomic mass is 32.1. The van der Waals surface area contributed by atoms with Crippen molar-refractivity contribution in [3.8, 4) is 0 Å². The topological polar surface area (TPSA) is 67.3 Å². The van der Waals surface area contributed by atoms with E-state index in [0.717, 1.165) is 29.0 Å². The molecule has 0 fully saturated rings. The summed E-state index contributed by atoms with van der Waals surface area (Å²) in [6.07, 6.45) is 2.45. The Morgan fingerprint density at radius 3 is 3.18 bits per heavy atom. The summed E-state index contributed by atoms with van der Waals surface area (Å²) < 4.78 is 6.26. The maximum absolute atomic E-state index is 8.54. The summed E-state index contributed by atoms with van der Waals surface area (Å²) in [5.74, 6) is 0.882. The summed E-state index contributed by atoms with van der Waals surface area (Å²) in [5, 5.41) is 13.8. The van der Waals surface area contributed by atoms with E-state index in [4.69, 9.17) is 9.84 Å². The summed E-state index contributed by atoms with van der Waals surface area (Å²) in [6, 6.07) is 1.98. The average Bonchev–Trinajstić information content (AvgIpc) is 2.82. The molecular weight excluding hydrogens is 238 g/mol. The predicted octanol–water partition coefficient (Wildman–Crippen LogP) is 1.50. The van der Waals surface area contributed by atoms with Gasteiger partial charge in [0, 0.05) is 13.2 Å². The van der Waals surface area contributed by atoms with Crippen LogP contribution in [0.3, 0.4) is 0 Å². The molecule has 0 saturated heterocycles. The molecule has 17 heavy (non-hydrogen) atoms. The Morgan fingerprint density at radius 2 is 2.29 bits per heavy atom. The first-order valence-electron chi connectivity index (χ1n) is 5.52. The van der Waals surface area contributed by atoms with Gasteiger partial charge < -0.3 is 15.2 Å². The number of fused-ring (bicyclic) bond motifs is 1. The van der Waals surface area contributed by atoms with E-state index >= 15 is 0 Å². The van der Waals surface area contributed by atoms with Crippen LogP contribution >= 0.6 is 11.3 Å². The minimum absolute atomic E-state index is 0.0785. The highest BCUT2D eigenvalue weighted by molar-refractivity contribution is 7.17. The number of aliphatic hydroxyl groups excluding tert-OH is 1. The maximum Gasteiger partial charge on any atom is 0.147 e. The van der Waals surface area contributed by atoms with Gasteiger partial charge in [0.05, 0.1) is 23.4 Å². The van der Waals surface area contributed by atoms with Crippen molar-refractivity contribution in [3.05, 3.63) is 17.8 Å². The number of nitrogens with one attached hydrogen (secondary N) is 1. The molecule has 2 aromatic heterocycles. The maximum atomic E-state index is 8.54. The quantitative estimate of drug-likeness (QED) is 0.732. The number of nitrogens with zero attached hydrogens (tertiary/aromatic N) is 2. The molecule has 0 aliphatic carbocycles. The zero-order chi connectivity index (χ0) is 11.9. The first-order valence-corrected chi connectivity index (χ1v) is 6.40. The number of rotatable bonds is 7. The van der Waals surface area contributed by atoms with E-state index in [-0.39, 0.29) is 6.61 Å². The van der Waals surface area contributed by atoms with Crippen molar-refractivity contribution in [1.29, 1.82) is 0 Å². The van der Waals surface area contributed by atoms with Crippen LogP contribution in [-0.2, 0) is 4.74 Å². The lowest BCUT2D eigenvalue weighted by atomic mass is 10.4. The zero-order valence-electron chi connectivity index (χ0n) is 9.43. The predicted molar refractivity (Wildman–Crippen MR) is 68.4 cm³/mol. The smallest absolute Gasteiger partial charge is 0.147 e. The van der Waals surface area contributed by atoms with Gasteiger partial charge >= 0.3 is 0 Å². The summed E-state index contributed by atoms with van der Waals surface area (Å²) in [4.78, 5) is 8.40. The van der Waals surface area contributed by atoms with Gasteiger partial charge in [-0.1, -0.05) is 0 Å². The number of hydrogen-bond acceptors (Lipinski definition) is 6. The van der Waals surface area contributed by atoms with Crippen LogP contribution in [0, 0.1) is 0 Å². The van der Waals surface area contributed by atoms with Crippen LogP contribution in [0.4, 0.5) is 5.82 Å². The molecule has 0 aromatic carbocycles. The summed E-state index contributed by atoms with van der Waals surface area (Å²) >= 11 is 1.63. The molecule has 2 aromatic rings. The van der Waals surface area contributed by atoms with Gasteiger partial charge in [-0.2, -0.15) is 0 Å². The Kier molecular flexibility index (Phi) is 4.66. The highest BCUT2D eigenvalue weighted by Gasteiger charge is 2.03. The van der Waals surface area contributed by atoms with E-state index in [0.29, 0.717) is 13.2 Å². The lowest BCUT2D eigenvalue weighted by Gasteiger charge is -2.06. The van der Waals surface area contributed by atoms with Crippen LogP contribution in [0.2, 0.25) is 0 Å². The third kappa shape index (κ3) is 3.36. The largest absolute Gasteiger partial charge is 0.394 e. The van der Waals surface area contributed by atoms with E-state index in [1.807, 2.05) is 11.4 Å². The van der Waals surface area contributed by atoms with Crippen LogP contribution in [0.5, 0.6) is 0 Å². The molecule has 92 valence electrons. The molecule has 0 aliphatic heterocycles. The number of hydrogen-bond donors (Lipinski definition) is 2. The van der Waals surface area contributed by atoms with Gasteiger partial charge in [0.2, 0.25) is 0 Å². The van der Waals surface area contributed by atoms with E-state index in [1.165, 1.54) is 0 Å². The van der Waals surface area contributed by atoms with Gasteiger partial charge in [0.25, 0.3) is 0 Å². The van der Waals surface area contributed by atoms with Crippen LogP contribution in [-0.4, -0.2) is 41.4 Å². The van der Waals surface area contributed by atoms with Gasteiger partial charge in [-0.15, -0.1) is 11.3 Å². The van der Waals surface area contributed by atoms with Gasteiger partial charge in [0.15, 0.2) is 0 Å². The molecule has 0 radical (unpaired) electrons. The molecule has 0 saturated carbocycles. The normalized spacial score (nSPS) is 10.9. The molecule has 0 unspecified atom stereocenters. The second kappa shape index (κ2) is 6.48. The van der Waals surface area contributed by atoms with Crippen molar-refractivity contribution in [1.82, 2.24) is 9.97 Å². The highest BCUT2D eigenvalue weighted by Crippen LogP contribution is 2.24. The SMILES string of the molecule is OCCOCCCNc1ncnc2ccsc12. The number of thiophene rings is 1. The minimum atomic E-state index is 0.0785. The zero-order valence-corrected chi connectivity index (χ0v) is 10.2. The molecule has 0 spiro atoms. The van der Waals surface area contributed by atoms with Gasteiger partial charge in [-0.25, -0.2) is 9.97 Å². The Hall–Kier alpha value is -1.24. The molecule has 2 N–H and O–H groups in total. The van der Waals surface area contributed by atoms with E-state index < -0.39 is 0 Å². The molecule has 0 atom stereocenters. The van der Waals surface area contributed by atoms with Gasteiger partial charge in [0.1, 0.15) is 12.1 Å². The van der Waals surface area contributed by atoms with Crippen molar-refractivity contribution >= 4 is 27.4 Å². The standard InChI is InChI=1S/C11H15N3O2S/c15-4-6-16-5-1-3-12-11-10-9(2-7-17-10)13-8-14-11/h2,7-8,15H,1,3-6H2,(H,12,13,14). The lowest BCUT2D eigenvalue weighted by molar-refractivity contribution is 0.0922. The summed E-state index contributed by atoms with van der Waals surface area (Å²) in [6.45, 7) is 1.93. The Morgan fingerprint density at radius 1 is 1.35 bits per heavy atom. The molecule has 6 heteroatoms. The average molecular weight is 253 g/mol. The van der Waals surface area contributed by atoms with Crippen molar-refractivity contribution in [3.63, 3.8) is 0 Å². The summed E-state index contributed by atoms with van der Waals surface area (Å²) in [5.41, 5.74) is 0.976. The number of aromatic nitrogens is 2. The van der Waals surface area contributed by atoms with Crippen LogP contribution < -0.4 is 5.32 Å². The second-order valence-corrected chi connectivity index (χ2v) is 4.39. The Balaban J connectivity index is 1.80. The van der Waals surface area contributed by atoms with Gasteiger partial charge in [-0.05, 0) is 17.9 Å². The molecule has 5 nitrogen and oxygen atoms in total. The molecule has 0 amide bonds. The minimum Gasteiger partial charge on any atom is -0.394 e. The number of anilines is 1. The second-order valence-electron chi connectivity index (χ2n) is 3.47. The molecular formula is C11H15N3O2S. The van der Waals surface area contributed by atoms with Gasteiger partial charge in [-0.3, -0.25) is 0 Å². The monoisotopic (exact) mass is 253 g/mol. The van der Waals surface area contributed by atoms with Crippen LogP contribution in [0.1, 0.15) is 6.42 Å². The van der Waals surface area contributed by atoms with Crippen molar-refractivity contribution in [2.45, 2.75) is 6.42 Å². The molecule has 0 aliphatic rings. The number of ether oxygens (including phenoxy) is 1. The molecule has 2 heterocycles. The van der Waals surface area contributed by atoms with E-state index in [2.05, 4.69) is 15.3 Å². The fraction of sp³-hybridized carbons (Fsp3) is 0.455. The number of aliphatic hydroxyl groups is 1. The van der Waals surface area contributed by atoms with E-state index in [9.17, 15) is 0 Å². The van der Waals surface area contributed by atoms with Crippen LogP contribution in [0.15, 0.2) is 17.8 Å². The molecule has 2 rings (SSSR count).